The minimum Gasteiger partial charge on any atom is -0.206 e. The third-order valence-electron chi connectivity index (χ3n) is 1.40. The summed E-state index contributed by atoms with van der Waals surface area (Å²) in [5.41, 5.74) is -1.31. The van der Waals surface area contributed by atoms with Gasteiger partial charge in [-0.3, -0.25) is 0 Å². The molecule has 1 nitrogen and oxygen atoms in total. The van der Waals surface area contributed by atoms with Gasteiger partial charge >= 0.3 is 0 Å². The van der Waals surface area contributed by atoms with Crippen LogP contribution in [0.1, 0.15) is 5.56 Å². The van der Waals surface area contributed by atoms with Crippen LogP contribution in [0.3, 0.4) is 0 Å². The maximum Gasteiger partial charge on any atom is 0.143 e. The molecule has 0 aliphatic rings. The summed E-state index contributed by atoms with van der Waals surface area (Å²) in [5.74, 6) is -2.10. The summed E-state index contributed by atoms with van der Waals surface area (Å²) in [6.07, 6.45) is 0. The van der Waals surface area contributed by atoms with E-state index >= 15 is 0 Å². The van der Waals surface area contributed by atoms with Gasteiger partial charge in [0.25, 0.3) is 0 Å². The van der Waals surface area contributed by atoms with Crippen LogP contribution in [0.4, 0.5) is 8.78 Å². The molecule has 1 aromatic rings. The summed E-state index contributed by atoms with van der Waals surface area (Å²) in [7, 11) is 10.2. The Balaban J connectivity index is 3.54. The number of nitriles is 1. The summed E-state index contributed by atoms with van der Waals surface area (Å²) in [4.78, 5) is 0. The second-order valence-corrected chi connectivity index (χ2v) is 2.16. The van der Waals surface area contributed by atoms with E-state index < -0.39 is 22.7 Å². The minimum absolute atomic E-state index is 0.205. The first-order valence-corrected chi connectivity index (χ1v) is 3.01. The molecule has 0 amide bonds. The van der Waals surface area contributed by atoms with Crippen LogP contribution in [-0.4, -0.2) is 15.7 Å². The van der Waals surface area contributed by atoms with Gasteiger partial charge in [0.15, 0.2) is 0 Å². The highest BCUT2D eigenvalue weighted by Gasteiger charge is 2.11. The van der Waals surface area contributed by atoms with Gasteiger partial charge in [-0.2, -0.15) is 5.26 Å². The molecule has 0 atom stereocenters. The highest BCUT2D eigenvalue weighted by Crippen LogP contribution is 2.06. The number of halogens is 2. The molecule has 1 aromatic carbocycles. The number of hydrogen-bond acceptors (Lipinski definition) is 1. The molecular formula is C7HB2F2N. The van der Waals surface area contributed by atoms with Gasteiger partial charge in [-0.05, 0) is 6.07 Å². The first-order valence-electron chi connectivity index (χ1n) is 3.01. The predicted molar refractivity (Wildman–Crippen MR) is 41.8 cm³/mol. The third kappa shape index (κ3) is 1.20. The van der Waals surface area contributed by atoms with Crippen molar-refractivity contribution in [3.63, 3.8) is 0 Å². The normalized spacial score (nSPS) is 9.42. The molecular weight excluding hydrogens is 158 g/mol. The average Bonchev–Trinajstić information content (AvgIpc) is 2.01. The van der Waals surface area contributed by atoms with Crippen molar-refractivity contribution in [1.29, 1.82) is 5.26 Å². The molecule has 0 N–H and O–H groups in total. The fourth-order valence-electron chi connectivity index (χ4n) is 0.755. The van der Waals surface area contributed by atoms with Gasteiger partial charge in [0.2, 0.25) is 0 Å². The lowest BCUT2D eigenvalue weighted by Crippen LogP contribution is -2.30. The van der Waals surface area contributed by atoms with E-state index in [0.717, 1.165) is 6.07 Å². The van der Waals surface area contributed by atoms with Gasteiger partial charge in [0.1, 0.15) is 39.0 Å². The van der Waals surface area contributed by atoms with E-state index in [9.17, 15) is 8.78 Å². The van der Waals surface area contributed by atoms with Crippen LogP contribution < -0.4 is 10.9 Å². The SMILES string of the molecule is [B]c1cc(F)c(C#N)c(F)c1[B]. The Bertz CT molecular complexity index is 371. The van der Waals surface area contributed by atoms with Gasteiger partial charge in [0, 0.05) is 0 Å². The Morgan fingerprint density at radius 1 is 1.33 bits per heavy atom. The largest absolute Gasteiger partial charge is 0.206 e. The Labute approximate surface area is 70.8 Å². The fourth-order valence-corrected chi connectivity index (χ4v) is 0.755. The molecule has 0 bridgehead atoms. The van der Waals surface area contributed by atoms with Crippen molar-refractivity contribution in [1.82, 2.24) is 0 Å². The van der Waals surface area contributed by atoms with Crippen molar-refractivity contribution < 1.29 is 8.78 Å². The summed E-state index contributed by atoms with van der Waals surface area (Å²) < 4.78 is 25.5. The van der Waals surface area contributed by atoms with Crippen molar-refractivity contribution in [3.8, 4) is 6.07 Å². The molecule has 54 valence electrons. The molecule has 0 fully saturated rings. The molecule has 4 radical (unpaired) electrons. The lowest BCUT2D eigenvalue weighted by Gasteiger charge is -2.04. The number of rotatable bonds is 0. The molecule has 5 heteroatoms. The minimum atomic E-state index is -1.10. The Hall–Kier alpha value is -1.30. The van der Waals surface area contributed by atoms with Crippen LogP contribution >= 0.6 is 0 Å². The van der Waals surface area contributed by atoms with Gasteiger partial charge in [-0.1, -0.05) is 10.9 Å². The van der Waals surface area contributed by atoms with Gasteiger partial charge in [0.05, 0.1) is 0 Å². The van der Waals surface area contributed by atoms with Crippen molar-refractivity contribution in [2.24, 2.45) is 0 Å². The number of benzene rings is 1. The average molecular weight is 159 g/mol. The molecule has 0 spiro atoms. The maximum atomic E-state index is 12.9. The van der Waals surface area contributed by atoms with E-state index in [1.807, 2.05) is 0 Å². The zero-order chi connectivity index (χ0) is 9.30. The van der Waals surface area contributed by atoms with Gasteiger partial charge < -0.3 is 0 Å². The number of hydrogen-bond donors (Lipinski definition) is 0. The second kappa shape index (κ2) is 2.98. The van der Waals surface area contributed by atoms with E-state index in [2.05, 4.69) is 0 Å². The van der Waals surface area contributed by atoms with E-state index in [-0.39, 0.29) is 5.46 Å². The molecule has 0 unspecified atom stereocenters. The first-order chi connectivity index (χ1) is 5.57. The van der Waals surface area contributed by atoms with Gasteiger partial charge in [-0.25, -0.2) is 8.78 Å². The Morgan fingerprint density at radius 3 is 2.42 bits per heavy atom. The lowest BCUT2D eigenvalue weighted by atomic mass is 9.79. The molecule has 12 heavy (non-hydrogen) atoms. The van der Waals surface area contributed by atoms with E-state index in [0.29, 0.717) is 0 Å². The van der Waals surface area contributed by atoms with Crippen molar-refractivity contribution >= 4 is 26.6 Å². The van der Waals surface area contributed by atoms with Crippen molar-refractivity contribution in [3.05, 3.63) is 23.3 Å². The summed E-state index contributed by atoms with van der Waals surface area (Å²) in [6.45, 7) is 0. The zero-order valence-electron chi connectivity index (χ0n) is 5.94. The molecule has 1 rings (SSSR count). The highest BCUT2D eigenvalue weighted by molar-refractivity contribution is 6.48. The summed E-state index contributed by atoms with van der Waals surface area (Å²) in [5, 5.41) is 8.29. The third-order valence-corrected chi connectivity index (χ3v) is 1.40. The molecule has 0 saturated heterocycles. The van der Waals surface area contributed by atoms with E-state index in [1.54, 1.807) is 0 Å². The van der Waals surface area contributed by atoms with Crippen LogP contribution in [0, 0.1) is 23.0 Å². The number of nitrogens with zero attached hydrogens (tertiary/aromatic N) is 1. The first kappa shape index (κ1) is 8.79. The monoisotopic (exact) mass is 159 g/mol. The smallest absolute Gasteiger partial charge is 0.143 e. The maximum absolute atomic E-state index is 12.9. The van der Waals surface area contributed by atoms with Crippen molar-refractivity contribution in [2.75, 3.05) is 0 Å². The predicted octanol–water partition coefficient (Wildman–Crippen LogP) is -0.576. The van der Waals surface area contributed by atoms with Crippen LogP contribution in [0.2, 0.25) is 0 Å². The van der Waals surface area contributed by atoms with Crippen LogP contribution in [0.25, 0.3) is 0 Å². The Kier molecular flexibility index (Phi) is 2.18. The topological polar surface area (TPSA) is 23.8 Å². The molecule has 0 saturated carbocycles. The van der Waals surface area contributed by atoms with Crippen LogP contribution in [-0.2, 0) is 0 Å². The van der Waals surface area contributed by atoms with Crippen molar-refractivity contribution in [2.45, 2.75) is 0 Å². The Morgan fingerprint density at radius 2 is 1.92 bits per heavy atom. The molecule has 0 aromatic heterocycles. The molecule has 0 heterocycles. The van der Waals surface area contributed by atoms with E-state index in [1.165, 1.54) is 6.07 Å². The lowest BCUT2D eigenvalue weighted by molar-refractivity contribution is 0.583. The van der Waals surface area contributed by atoms with Crippen LogP contribution in [0.15, 0.2) is 6.07 Å². The molecule has 0 aliphatic heterocycles. The van der Waals surface area contributed by atoms with E-state index in [4.69, 9.17) is 21.0 Å². The zero-order valence-corrected chi connectivity index (χ0v) is 5.94. The quantitative estimate of drug-likeness (QED) is 0.464. The summed E-state index contributed by atoms with van der Waals surface area (Å²) >= 11 is 0. The van der Waals surface area contributed by atoms with Gasteiger partial charge in [-0.15, -0.1) is 0 Å². The second-order valence-electron chi connectivity index (χ2n) is 2.16. The highest BCUT2D eigenvalue weighted by atomic mass is 19.1. The molecule has 0 aliphatic carbocycles. The fraction of sp³-hybridized carbons (Fsp3) is 0. The standard InChI is InChI=1S/C7HB2F2N/c8-4-1-5(10)3(2-12)7(11)6(4)9/h1H. The van der Waals surface area contributed by atoms with Crippen LogP contribution in [0.5, 0.6) is 0 Å². The summed E-state index contributed by atoms with van der Waals surface area (Å²) in [6, 6.07) is 2.16.